The largest absolute Gasteiger partial charge is 0.457 e. The van der Waals surface area contributed by atoms with Gasteiger partial charge in [-0.2, -0.15) is 0 Å². The van der Waals surface area contributed by atoms with E-state index in [2.05, 4.69) is 19.2 Å². The molecule has 2 aromatic carbocycles. The summed E-state index contributed by atoms with van der Waals surface area (Å²) in [7, 11) is 0. The second-order valence-electron chi connectivity index (χ2n) is 5.26. The predicted molar refractivity (Wildman–Crippen MR) is 89.7 cm³/mol. The highest BCUT2D eigenvalue weighted by Crippen LogP contribution is 2.33. The molecule has 0 bridgehead atoms. The zero-order chi connectivity index (χ0) is 15.4. The van der Waals surface area contributed by atoms with E-state index in [1.807, 2.05) is 43.3 Å². The van der Waals surface area contributed by atoms with Crippen LogP contribution in [-0.2, 0) is 6.54 Å². The number of benzene rings is 2. The number of hydrogen-bond acceptors (Lipinski definition) is 2. The van der Waals surface area contributed by atoms with E-state index in [-0.39, 0.29) is 0 Å². The van der Waals surface area contributed by atoms with Gasteiger partial charge in [0.2, 0.25) is 0 Å². The van der Waals surface area contributed by atoms with Gasteiger partial charge in [-0.05, 0) is 36.8 Å². The van der Waals surface area contributed by atoms with Crippen molar-refractivity contribution in [3.63, 3.8) is 0 Å². The van der Waals surface area contributed by atoms with Crippen LogP contribution < -0.4 is 10.1 Å². The predicted octanol–water partition coefficient (Wildman–Crippen LogP) is 5.59. The Labute approximate surface area is 136 Å². The van der Waals surface area contributed by atoms with Crippen LogP contribution in [0.4, 0.5) is 0 Å². The summed E-state index contributed by atoms with van der Waals surface area (Å²) in [5, 5.41) is 4.71. The van der Waals surface area contributed by atoms with Crippen LogP contribution in [0.1, 0.15) is 25.0 Å². The zero-order valence-corrected chi connectivity index (χ0v) is 13.9. The van der Waals surface area contributed by atoms with Crippen molar-refractivity contribution in [3.8, 4) is 11.5 Å². The van der Waals surface area contributed by atoms with Gasteiger partial charge in [0, 0.05) is 28.2 Å². The van der Waals surface area contributed by atoms with Crippen molar-refractivity contribution in [2.24, 2.45) is 0 Å². The number of nitrogens with one attached hydrogen (secondary N) is 1. The summed E-state index contributed by atoms with van der Waals surface area (Å²) in [4.78, 5) is 0. The van der Waals surface area contributed by atoms with E-state index in [4.69, 9.17) is 27.9 Å². The molecular formula is C17H19Cl2NO. The van der Waals surface area contributed by atoms with Crippen LogP contribution in [0.2, 0.25) is 10.0 Å². The zero-order valence-electron chi connectivity index (χ0n) is 12.4. The van der Waals surface area contributed by atoms with E-state index >= 15 is 0 Å². The normalized spacial score (nSPS) is 11.0. The first-order chi connectivity index (χ1) is 9.97. The fourth-order valence-electron chi connectivity index (χ4n) is 1.91. The summed E-state index contributed by atoms with van der Waals surface area (Å²) >= 11 is 12.3. The Morgan fingerprint density at radius 3 is 2.57 bits per heavy atom. The lowest BCUT2D eigenvalue weighted by Gasteiger charge is -2.16. The molecule has 0 aromatic heterocycles. The third-order valence-electron chi connectivity index (χ3n) is 3.13. The lowest BCUT2D eigenvalue weighted by atomic mass is 10.1. The molecule has 0 spiro atoms. The average molecular weight is 324 g/mol. The number of hydrogen-bond donors (Lipinski definition) is 1. The van der Waals surface area contributed by atoms with Gasteiger partial charge in [-0.1, -0.05) is 49.2 Å². The molecule has 112 valence electrons. The number of aryl methyl sites for hydroxylation is 1. The number of rotatable bonds is 5. The summed E-state index contributed by atoms with van der Waals surface area (Å²) < 4.78 is 6.03. The maximum Gasteiger partial charge on any atom is 0.133 e. The van der Waals surface area contributed by atoms with Crippen molar-refractivity contribution < 1.29 is 4.74 Å². The van der Waals surface area contributed by atoms with Gasteiger partial charge >= 0.3 is 0 Å². The SMILES string of the molecule is Cc1ccc(Cl)cc1Oc1cccc(Cl)c1CNC(C)C. The Balaban J connectivity index is 2.31. The number of ether oxygens (including phenoxy) is 1. The number of halogens is 2. The molecule has 1 N–H and O–H groups in total. The van der Waals surface area contributed by atoms with Gasteiger partial charge < -0.3 is 10.1 Å². The topological polar surface area (TPSA) is 21.3 Å². The van der Waals surface area contributed by atoms with Crippen molar-refractivity contribution in [1.82, 2.24) is 5.32 Å². The van der Waals surface area contributed by atoms with E-state index < -0.39 is 0 Å². The molecule has 21 heavy (non-hydrogen) atoms. The van der Waals surface area contributed by atoms with Gasteiger partial charge in [0.15, 0.2) is 0 Å². The molecule has 0 amide bonds. The molecule has 0 saturated heterocycles. The summed E-state index contributed by atoms with van der Waals surface area (Å²) in [5.41, 5.74) is 1.98. The minimum atomic E-state index is 0.377. The lowest BCUT2D eigenvalue weighted by molar-refractivity contribution is 0.466. The van der Waals surface area contributed by atoms with E-state index in [0.717, 1.165) is 22.6 Å². The van der Waals surface area contributed by atoms with Crippen LogP contribution in [0.5, 0.6) is 11.5 Å². The second-order valence-corrected chi connectivity index (χ2v) is 6.11. The maximum absolute atomic E-state index is 6.30. The molecule has 0 aliphatic carbocycles. The van der Waals surface area contributed by atoms with Crippen LogP contribution >= 0.6 is 23.2 Å². The first-order valence-electron chi connectivity index (χ1n) is 6.92. The summed E-state index contributed by atoms with van der Waals surface area (Å²) in [6, 6.07) is 11.7. The van der Waals surface area contributed by atoms with Crippen molar-refractivity contribution >= 4 is 23.2 Å². The summed E-state index contributed by atoms with van der Waals surface area (Å²) in [6.45, 7) is 6.84. The molecule has 2 nitrogen and oxygen atoms in total. The molecule has 0 aliphatic heterocycles. The van der Waals surface area contributed by atoms with E-state index in [0.29, 0.717) is 22.6 Å². The highest BCUT2D eigenvalue weighted by molar-refractivity contribution is 6.31. The molecular weight excluding hydrogens is 305 g/mol. The fourth-order valence-corrected chi connectivity index (χ4v) is 2.31. The summed E-state index contributed by atoms with van der Waals surface area (Å²) in [5.74, 6) is 1.50. The molecule has 0 unspecified atom stereocenters. The van der Waals surface area contributed by atoms with E-state index in [9.17, 15) is 0 Å². The van der Waals surface area contributed by atoms with Crippen molar-refractivity contribution in [3.05, 3.63) is 57.6 Å². The third kappa shape index (κ3) is 4.37. The molecule has 0 radical (unpaired) electrons. The van der Waals surface area contributed by atoms with Gasteiger partial charge in [-0.3, -0.25) is 0 Å². The second kappa shape index (κ2) is 7.17. The lowest BCUT2D eigenvalue weighted by Crippen LogP contribution is -2.22. The molecule has 0 atom stereocenters. The van der Waals surface area contributed by atoms with Crippen molar-refractivity contribution in [2.75, 3.05) is 0 Å². The van der Waals surface area contributed by atoms with Crippen LogP contribution in [0.25, 0.3) is 0 Å². The highest BCUT2D eigenvalue weighted by Gasteiger charge is 2.11. The van der Waals surface area contributed by atoms with Crippen LogP contribution in [0.3, 0.4) is 0 Å². The molecule has 4 heteroatoms. The standard InChI is InChI=1S/C17H19Cl2NO/c1-11(2)20-10-14-15(19)5-4-6-16(14)21-17-9-13(18)8-7-12(17)3/h4-9,11,20H,10H2,1-3H3. The Hall–Kier alpha value is -1.22. The Kier molecular flexibility index (Phi) is 5.51. The van der Waals surface area contributed by atoms with Crippen LogP contribution in [-0.4, -0.2) is 6.04 Å². The van der Waals surface area contributed by atoms with Crippen LogP contribution in [0, 0.1) is 6.92 Å². The van der Waals surface area contributed by atoms with Gasteiger partial charge in [0.05, 0.1) is 0 Å². The highest BCUT2D eigenvalue weighted by atomic mass is 35.5. The Morgan fingerprint density at radius 1 is 1.10 bits per heavy atom. The van der Waals surface area contributed by atoms with Crippen LogP contribution in [0.15, 0.2) is 36.4 Å². The Bertz CT molecular complexity index is 626. The molecule has 0 fully saturated rings. The van der Waals surface area contributed by atoms with Gasteiger partial charge in [0.25, 0.3) is 0 Å². The Morgan fingerprint density at radius 2 is 1.86 bits per heavy atom. The molecule has 2 aromatic rings. The van der Waals surface area contributed by atoms with Crippen molar-refractivity contribution in [2.45, 2.75) is 33.4 Å². The minimum Gasteiger partial charge on any atom is -0.457 e. The molecule has 2 rings (SSSR count). The monoisotopic (exact) mass is 323 g/mol. The third-order valence-corrected chi connectivity index (χ3v) is 3.72. The van der Waals surface area contributed by atoms with Gasteiger partial charge in [-0.15, -0.1) is 0 Å². The van der Waals surface area contributed by atoms with E-state index in [1.54, 1.807) is 0 Å². The minimum absolute atomic E-state index is 0.377. The molecule has 0 heterocycles. The van der Waals surface area contributed by atoms with Crippen molar-refractivity contribution in [1.29, 1.82) is 0 Å². The quantitative estimate of drug-likeness (QED) is 0.774. The molecule has 0 aliphatic rings. The smallest absolute Gasteiger partial charge is 0.133 e. The first kappa shape index (κ1) is 16.2. The van der Waals surface area contributed by atoms with Gasteiger partial charge in [-0.25, -0.2) is 0 Å². The summed E-state index contributed by atoms with van der Waals surface area (Å²) in [6.07, 6.45) is 0. The van der Waals surface area contributed by atoms with E-state index in [1.165, 1.54) is 0 Å². The maximum atomic E-state index is 6.30. The molecule has 0 saturated carbocycles. The first-order valence-corrected chi connectivity index (χ1v) is 7.67. The fraction of sp³-hybridized carbons (Fsp3) is 0.294. The average Bonchev–Trinajstić information content (AvgIpc) is 2.42. The van der Waals surface area contributed by atoms with Gasteiger partial charge in [0.1, 0.15) is 11.5 Å².